The first-order chi connectivity index (χ1) is 13.1. The molecular weight excluding hydrogens is 342 g/mol. The number of furan rings is 1. The molecule has 2 aliphatic rings. The molecule has 1 fully saturated rings. The Hall–Kier alpha value is -2.63. The number of carbonyl (C=O) groups is 2. The number of hydrogen-bond donors (Lipinski definition) is 0. The van der Waals surface area contributed by atoms with Crippen LogP contribution in [0.1, 0.15) is 49.6 Å². The van der Waals surface area contributed by atoms with Gasteiger partial charge in [0.15, 0.2) is 5.76 Å². The Kier molecular flexibility index (Phi) is 4.97. The minimum absolute atomic E-state index is 0.0122. The first kappa shape index (κ1) is 17.8. The van der Waals surface area contributed by atoms with E-state index in [1.807, 2.05) is 24.0 Å². The Morgan fingerprint density at radius 2 is 2.07 bits per heavy atom. The molecule has 2 amide bonds. The summed E-state index contributed by atoms with van der Waals surface area (Å²) in [7, 11) is 0. The van der Waals surface area contributed by atoms with E-state index in [0.29, 0.717) is 31.1 Å². The Morgan fingerprint density at radius 1 is 1.19 bits per heavy atom. The molecule has 4 rings (SSSR count). The Morgan fingerprint density at radius 3 is 2.89 bits per heavy atom. The molecule has 142 valence electrons. The molecule has 1 aliphatic heterocycles. The van der Waals surface area contributed by atoms with E-state index in [9.17, 15) is 9.59 Å². The van der Waals surface area contributed by atoms with Crippen LogP contribution in [0.4, 0.5) is 0 Å². The summed E-state index contributed by atoms with van der Waals surface area (Å²) in [5, 5.41) is 0.822. The SMILES string of the molecule is CC1CN(C(=O)c2cc3cccnc3o2)CCN1C(=O)C1=CCCCCC1. The molecule has 6 nitrogen and oxygen atoms in total. The molecule has 2 aromatic heterocycles. The number of allylic oxidation sites excluding steroid dienone is 1. The molecule has 1 atom stereocenters. The first-order valence-corrected chi connectivity index (χ1v) is 9.77. The van der Waals surface area contributed by atoms with Crippen LogP contribution in [0.15, 0.2) is 40.5 Å². The van der Waals surface area contributed by atoms with Crippen LogP contribution in [0, 0.1) is 0 Å². The van der Waals surface area contributed by atoms with Gasteiger partial charge in [0.1, 0.15) is 0 Å². The van der Waals surface area contributed by atoms with Crippen molar-refractivity contribution in [2.24, 2.45) is 0 Å². The van der Waals surface area contributed by atoms with Crippen molar-refractivity contribution >= 4 is 22.9 Å². The highest BCUT2D eigenvalue weighted by Gasteiger charge is 2.32. The number of rotatable bonds is 2. The van der Waals surface area contributed by atoms with Crippen LogP contribution in [0.25, 0.3) is 11.1 Å². The van der Waals surface area contributed by atoms with Gasteiger partial charge < -0.3 is 14.2 Å². The predicted molar refractivity (Wildman–Crippen MR) is 102 cm³/mol. The summed E-state index contributed by atoms with van der Waals surface area (Å²) in [6.07, 6.45) is 9.07. The Balaban J connectivity index is 1.44. The highest BCUT2D eigenvalue weighted by Crippen LogP contribution is 2.23. The van der Waals surface area contributed by atoms with Crippen molar-refractivity contribution in [2.45, 2.75) is 45.1 Å². The number of aromatic nitrogens is 1. The van der Waals surface area contributed by atoms with Crippen LogP contribution in [-0.2, 0) is 4.79 Å². The van der Waals surface area contributed by atoms with Crippen molar-refractivity contribution in [3.05, 3.63) is 41.8 Å². The molecule has 0 saturated carbocycles. The van der Waals surface area contributed by atoms with Crippen molar-refractivity contribution in [2.75, 3.05) is 19.6 Å². The molecule has 0 spiro atoms. The van der Waals surface area contributed by atoms with E-state index in [2.05, 4.69) is 11.1 Å². The molecule has 1 saturated heterocycles. The molecule has 1 unspecified atom stereocenters. The summed E-state index contributed by atoms with van der Waals surface area (Å²) in [4.78, 5) is 33.6. The average Bonchev–Trinajstić information content (AvgIpc) is 2.93. The van der Waals surface area contributed by atoms with E-state index in [-0.39, 0.29) is 17.9 Å². The van der Waals surface area contributed by atoms with Gasteiger partial charge in [0.2, 0.25) is 11.6 Å². The molecule has 0 radical (unpaired) electrons. The van der Waals surface area contributed by atoms with Crippen LogP contribution >= 0.6 is 0 Å². The molecule has 0 bridgehead atoms. The fourth-order valence-electron chi connectivity index (χ4n) is 3.97. The second-order valence-electron chi connectivity index (χ2n) is 7.44. The van der Waals surface area contributed by atoms with E-state index in [4.69, 9.17) is 4.42 Å². The van der Waals surface area contributed by atoms with E-state index in [1.165, 1.54) is 12.8 Å². The average molecular weight is 367 g/mol. The summed E-state index contributed by atoms with van der Waals surface area (Å²) < 4.78 is 5.61. The van der Waals surface area contributed by atoms with Crippen LogP contribution in [0.2, 0.25) is 0 Å². The molecule has 27 heavy (non-hydrogen) atoms. The van der Waals surface area contributed by atoms with Crippen molar-refractivity contribution in [1.29, 1.82) is 0 Å². The topological polar surface area (TPSA) is 66.7 Å². The van der Waals surface area contributed by atoms with E-state index in [1.54, 1.807) is 17.2 Å². The lowest BCUT2D eigenvalue weighted by Gasteiger charge is -2.40. The van der Waals surface area contributed by atoms with Gasteiger partial charge in [-0.3, -0.25) is 9.59 Å². The summed E-state index contributed by atoms with van der Waals surface area (Å²) in [5.41, 5.74) is 1.42. The second kappa shape index (κ2) is 7.55. The number of amides is 2. The van der Waals surface area contributed by atoms with Crippen LogP contribution < -0.4 is 0 Å². The number of carbonyl (C=O) groups excluding carboxylic acids is 2. The van der Waals surface area contributed by atoms with Gasteiger partial charge in [-0.1, -0.05) is 12.5 Å². The van der Waals surface area contributed by atoms with Gasteiger partial charge in [-0.15, -0.1) is 0 Å². The third-order valence-corrected chi connectivity index (χ3v) is 5.50. The lowest BCUT2D eigenvalue weighted by atomic mass is 10.1. The normalized spacial score (nSPS) is 21.1. The molecule has 6 heteroatoms. The summed E-state index contributed by atoms with van der Waals surface area (Å²) in [6.45, 7) is 3.60. The highest BCUT2D eigenvalue weighted by atomic mass is 16.4. The minimum Gasteiger partial charge on any atom is -0.433 e. The van der Waals surface area contributed by atoms with Crippen molar-refractivity contribution in [3.8, 4) is 0 Å². The molecule has 2 aromatic rings. The standard InChI is InChI=1S/C21H25N3O3/c1-15-14-23(21(26)18-13-17-9-6-10-22-19(17)27-18)11-12-24(15)20(25)16-7-4-2-3-5-8-16/h6-7,9-10,13,15H,2-5,8,11-12,14H2,1H3. The molecular formula is C21H25N3O3. The van der Waals surface area contributed by atoms with E-state index < -0.39 is 0 Å². The van der Waals surface area contributed by atoms with Crippen molar-refractivity contribution < 1.29 is 14.0 Å². The zero-order chi connectivity index (χ0) is 18.8. The molecule has 0 N–H and O–H groups in total. The van der Waals surface area contributed by atoms with Crippen LogP contribution in [0.3, 0.4) is 0 Å². The van der Waals surface area contributed by atoms with Gasteiger partial charge in [0.05, 0.1) is 0 Å². The summed E-state index contributed by atoms with van der Waals surface area (Å²) >= 11 is 0. The maximum atomic E-state index is 12.9. The van der Waals surface area contributed by atoms with E-state index in [0.717, 1.165) is 30.2 Å². The van der Waals surface area contributed by atoms with Crippen LogP contribution in [-0.4, -0.2) is 52.3 Å². The number of piperazine rings is 1. The van der Waals surface area contributed by atoms with Gasteiger partial charge >= 0.3 is 0 Å². The monoisotopic (exact) mass is 367 g/mol. The number of pyridine rings is 1. The number of hydrogen-bond acceptors (Lipinski definition) is 4. The Labute approximate surface area is 158 Å². The quantitative estimate of drug-likeness (QED) is 0.816. The van der Waals surface area contributed by atoms with Crippen LogP contribution in [0.5, 0.6) is 0 Å². The summed E-state index contributed by atoms with van der Waals surface area (Å²) in [6, 6.07) is 5.42. The smallest absolute Gasteiger partial charge is 0.289 e. The van der Waals surface area contributed by atoms with Gasteiger partial charge in [0.25, 0.3) is 5.91 Å². The second-order valence-corrected chi connectivity index (χ2v) is 7.44. The van der Waals surface area contributed by atoms with Crippen molar-refractivity contribution in [1.82, 2.24) is 14.8 Å². The van der Waals surface area contributed by atoms with Gasteiger partial charge in [-0.2, -0.15) is 0 Å². The van der Waals surface area contributed by atoms with Gasteiger partial charge in [-0.25, -0.2) is 4.98 Å². The minimum atomic E-state index is -0.138. The van der Waals surface area contributed by atoms with Crippen molar-refractivity contribution in [3.63, 3.8) is 0 Å². The maximum Gasteiger partial charge on any atom is 0.289 e. The lowest BCUT2D eigenvalue weighted by molar-refractivity contribution is -0.131. The van der Waals surface area contributed by atoms with Gasteiger partial charge in [0, 0.05) is 42.8 Å². The predicted octanol–water partition coefficient (Wildman–Crippen LogP) is 3.39. The lowest BCUT2D eigenvalue weighted by Crippen LogP contribution is -2.55. The maximum absolute atomic E-state index is 12.9. The number of nitrogens with zero attached hydrogens (tertiary/aromatic N) is 3. The third-order valence-electron chi connectivity index (χ3n) is 5.50. The zero-order valence-corrected chi connectivity index (χ0v) is 15.7. The fraction of sp³-hybridized carbons (Fsp3) is 0.476. The van der Waals surface area contributed by atoms with Gasteiger partial charge in [-0.05, 0) is 50.8 Å². The molecule has 1 aliphatic carbocycles. The fourth-order valence-corrected chi connectivity index (χ4v) is 3.97. The first-order valence-electron chi connectivity index (χ1n) is 9.77. The summed E-state index contributed by atoms with van der Waals surface area (Å²) in [5.74, 6) is 0.312. The van der Waals surface area contributed by atoms with E-state index >= 15 is 0 Å². The largest absolute Gasteiger partial charge is 0.433 e. The molecule has 0 aromatic carbocycles. The highest BCUT2D eigenvalue weighted by molar-refractivity contribution is 5.96. The zero-order valence-electron chi connectivity index (χ0n) is 15.7. The number of fused-ring (bicyclic) bond motifs is 1. The Bertz CT molecular complexity index is 853. The third kappa shape index (κ3) is 3.61. The molecule has 3 heterocycles.